The van der Waals surface area contributed by atoms with E-state index in [1.54, 1.807) is 0 Å². The number of fused-ring (bicyclic) bond motifs is 1. The van der Waals surface area contributed by atoms with Gasteiger partial charge in [0, 0.05) is 11.8 Å². The monoisotopic (exact) mass is 239 g/mol. The number of nitrogens with zero attached hydrogens (tertiary/aromatic N) is 1. The van der Waals surface area contributed by atoms with Gasteiger partial charge in [0.25, 0.3) is 0 Å². The van der Waals surface area contributed by atoms with E-state index in [-0.39, 0.29) is 6.04 Å². The number of hydrogen-bond donors (Lipinski definition) is 2. The van der Waals surface area contributed by atoms with Crippen molar-refractivity contribution in [2.24, 2.45) is 5.84 Å². The number of nitrogens with two attached hydrogens (primary N) is 1. The van der Waals surface area contributed by atoms with Gasteiger partial charge < -0.3 is 0 Å². The Hall–Kier alpha value is -1.89. The zero-order valence-corrected chi connectivity index (χ0v) is 10.5. The molecular weight excluding hydrogens is 222 g/mol. The first kappa shape index (κ1) is 12.6. The number of aromatic nitrogens is 1. The molecule has 0 fully saturated rings. The maximum atomic E-state index is 5.58. The lowest BCUT2D eigenvalue weighted by molar-refractivity contribution is 0.513. The highest BCUT2D eigenvalue weighted by Crippen LogP contribution is 2.22. The molecule has 0 aliphatic heterocycles. The molecule has 18 heavy (non-hydrogen) atoms. The standard InChI is InChI=1S/C15H17N3/c1-3-4-8-14(18-16)15-10-11(2)12-7-5-6-9-13(12)17-15/h1,5-7,9-10,14,18H,4,8,16H2,2H3. The van der Waals surface area contributed by atoms with E-state index < -0.39 is 0 Å². The molecule has 3 N–H and O–H groups in total. The minimum atomic E-state index is 0.00403. The fraction of sp³-hybridized carbons (Fsp3) is 0.267. The van der Waals surface area contributed by atoms with Gasteiger partial charge in [-0.3, -0.25) is 16.3 Å². The van der Waals surface area contributed by atoms with Crippen molar-refractivity contribution in [2.75, 3.05) is 0 Å². The summed E-state index contributed by atoms with van der Waals surface area (Å²) in [6.07, 6.45) is 6.76. The highest BCUT2D eigenvalue weighted by atomic mass is 15.2. The van der Waals surface area contributed by atoms with Crippen LogP contribution in [0.5, 0.6) is 0 Å². The smallest absolute Gasteiger partial charge is 0.0708 e. The second-order valence-electron chi connectivity index (χ2n) is 4.34. The van der Waals surface area contributed by atoms with E-state index in [1.807, 2.05) is 18.2 Å². The molecule has 3 nitrogen and oxygen atoms in total. The van der Waals surface area contributed by atoms with Crippen molar-refractivity contribution in [1.82, 2.24) is 10.4 Å². The van der Waals surface area contributed by atoms with E-state index in [4.69, 9.17) is 12.3 Å². The second-order valence-corrected chi connectivity index (χ2v) is 4.34. The van der Waals surface area contributed by atoms with Gasteiger partial charge in [0.1, 0.15) is 0 Å². The maximum absolute atomic E-state index is 5.58. The Morgan fingerprint density at radius 1 is 1.44 bits per heavy atom. The summed E-state index contributed by atoms with van der Waals surface area (Å²) in [6, 6.07) is 10.2. The molecule has 0 spiro atoms. The minimum Gasteiger partial charge on any atom is -0.271 e. The maximum Gasteiger partial charge on any atom is 0.0708 e. The van der Waals surface area contributed by atoms with Crippen LogP contribution in [0.25, 0.3) is 10.9 Å². The van der Waals surface area contributed by atoms with Gasteiger partial charge in [-0.1, -0.05) is 18.2 Å². The average Bonchev–Trinajstić information content (AvgIpc) is 2.40. The van der Waals surface area contributed by atoms with Crippen molar-refractivity contribution < 1.29 is 0 Å². The van der Waals surface area contributed by atoms with Gasteiger partial charge >= 0.3 is 0 Å². The first-order valence-corrected chi connectivity index (χ1v) is 6.02. The lowest BCUT2D eigenvalue weighted by atomic mass is 10.0. The van der Waals surface area contributed by atoms with E-state index in [2.05, 4.69) is 35.4 Å². The summed E-state index contributed by atoms with van der Waals surface area (Å²) < 4.78 is 0. The third-order valence-electron chi connectivity index (χ3n) is 3.08. The zero-order chi connectivity index (χ0) is 13.0. The predicted molar refractivity (Wildman–Crippen MR) is 74.6 cm³/mol. The number of nitrogens with one attached hydrogen (secondary N) is 1. The molecule has 1 atom stereocenters. The van der Waals surface area contributed by atoms with Crippen molar-refractivity contribution in [3.63, 3.8) is 0 Å². The fourth-order valence-electron chi connectivity index (χ4n) is 2.10. The van der Waals surface area contributed by atoms with Gasteiger partial charge in [-0.05, 0) is 31.0 Å². The van der Waals surface area contributed by atoms with Crippen LogP contribution in [0.15, 0.2) is 30.3 Å². The Balaban J connectivity index is 2.42. The number of pyridine rings is 1. The first-order valence-electron chi connectivity index (χ1n) is 6.02. The number of benzene rings is 1. The SMILES string of the molecule is C#CCCC(NN)c1cc(C)c2ccccc2n1. The molecular formula is C15H17N3. The Kier molecular flexibility index (Phi) is 3.93. The molecule has 3 heteroatoms. The molecule has 0 aliphatic rings. The van der Waals surface area contributed by atoms with E-state index in [1.165, 1.54) is 10.9 Å². The zero-order valence-electron chi connectivity index (χ0n) is 10.5. The molecule has 0 aliphatic carbocycles. The van der Waals surface area contributed by atoms with Gasteiger partial charge in [-0.2, -0.15) is 0 Å². The van der Waals surface area contributed by atoms with Crippen LogP contribution in [0.3, 0.4) is 0 Å². The lowest BCUT2D eigenvalue weighted by Gasteiger charge is -2.15. The molecule has 0 radical (unpaired) electrons. The van der Waals surface area contributed by atoms with Gasteiger partial charge in [0.15, 0.2) is 0 Å². The summed E-state index contributed by atoms with van der Waals surface area (Å²) in [5.41, 5.74) is 5.93. The molecule has 1 aromatic carbocycles. The van der Waals surface area contributed by atoms with Gasteiger partial charge in [0.2, 0.25) is 0 Å². The van der Waals surface area contributed by atoms with Gasteiger partial charge in [-0.25, -0.2) is 0 Å². The first-order chi connectivity index (χ1) is 8.76. The molecule has 1 heterocycles. The highest BCUT2D eigenvalue weighted by molar-refractivity contribution is 5.82. The summed E-state index contributed by atoms with van der Waals surface area (Å²) >= 11 is 0. The number of terminal acetylenes is 1. The van der Waals surface area contributed by atoms with E-state index in [0.29, 0.717) is 6.42 Å². The molecule has 1 unspecified atom stereocenters. The third-order valence-corrected chi connectivity index (χ3v) is 3.08. The number of aryl methyl sites for hydroxylation is 1. The molecule has 0 bridgehead atoms. The van der Waals surface area contributed by atoms with Gasteiger partial charge in [0.05, 0.1) is 17.3 Å². The Morgan fingerprint density at radius 2 is 2.22 bits per heavy atom. The van der Waals surface area contributed by atoms with Crippen LogP contribution in [-0.2, 0) is 0 Å². The minimum absolute atomic E-state index is 0.00403. The number of para-hydroxylation sites is 1. The molecule has 2 rings (SSSR count). The molecule has 92 valence electrons. The van der Waals surface area contributed by atoms with Crippen molar-refractivity contribution in [3.05, 3.63) is 41.6 Å². The summed E-state index contributed by atoms with van der Waals surface area (Å²) in [7, 11) is 0. The van der Waals surface area contributed by atoms with Crippen LogP contribution in [0.4, 0.5) is 0 Å². The molecule has 0 saturated carbocycles. The second kappa shape index (κ2) is 5.63. The van der Waals surface area contributed by atoms with Crippen molar-refractivity contribution in [2.45, 2.75) is 25.8 Å². The quantitative estimate of drug-likeness (QED) is 0.489. The summed E-state index contributed by atoms with van der Waals surface area (Å²) in [5, 5.41) is 1.17. The van der Waals surface area contributed by atoms with Crippen LogP contribution in [-0.4, -0.2) is 4.98 Å². The summed E-state index contributed by atoms with van der Waals surface area (Å²) in [4.78, 5) is 4.65. The van der Waals surface area contributed by atoms with Crippen LogP contribution < -0.4 is 11.3 Å². The molecule has 2 aromatic rings. The predicted octanol–water partition coefficient (Wildman–Crippen LogP) is 2.46. The van der Waals surface area contributed by atoms with E-state index >= 15 is 0 Å². The normalized spacial score (nSPS) is 12.3. The fourth-order valence-corrected chi connectivity index (χ4v) is 2.10. The molecule has 1 aromatic heterocycles. The Bertz CT molecular complexity index is 584. The van der Waals surface area contributed by atoms with Crippen molar-refractivity contribution in [3.8, 4) is 12.3 Å². The summed E-state index contributed by atoms with van der Waals surface area (Å²) in [5.74, 6) is 8.21. The molecule has 0 amide bonds. The Morgan fingerprint density at radius 3 is 2.94 bits per heavy atom. The van der Waals surface area contributed by atoms with Crippen LogP contribution in [0, 0.1) is 19.3 Å². The number of rotatable bonds is 4. The summed E-state index contributed by atoms with van der Waals surface area (Å²) in [6.45, 7) is 2.09. The van der Waals surface area contributed by atoms with Crippen LogP contribution >= 0.6 is 0 Å². The third kappa shape index (κ3) is 2.51. The van der Waals surface area contributed by atoms with Crippen molar-refractivity contribution in [1.29, 1.82) is 0 Å². The molecule has 0 saturated heterocycles. The van der Waals surface area contributed by atoms with E-state index in [0.717, 1.165) is 17.6 Å². The van der Waals surface area contributed by atoms with E-state index in [9.17, 15) is 0 Å². The largest absolute Gasteiger partial charge is 0.271 e. The number of hydrogen-bond acceptors (Lipinski definition) is 3. The lowest BCUT2D eigenvalue weighted by Crippen LogP contribution is -2.28. The topological polar surface area (TPSA) is 50.9 Å². The average molecular weight is 239 g/mol. The van der Waals surface area contributed by atoms with Crippen molar-refractivity contribution >= 4 is 10.9 Å². The number of hydrazine groups is 1. The van der Waals surface area contributed by atoms with Crippen LogP contribution in [0.2, 0.25) is 0 Å². The highest BCUT2D eigenvalue weighted by Gasteiger charge is 2.12. The Labute approximate surface area is 107 Å². The van der Waals surface area contributed by atoms with Gasteiger partial charge in [-0.15, -0.1) is 12.3 Å². The van der Waals surface area contributed by atoms with Crippen LogP contribution in [0.1, 0.15) is 30.1 Å².